The second-order valence-electron chi connectivity index (χ2n) is 2.84. The molecule has 0 aliphatic heterocycles. The number of nitriles is 1. The fourth-order valence-corrected chi connectivity index (χ4v) is 1.36. The van der Waals surface area contributed by atoms with Crippen LogP contribution in [-0.4, -0.2) is 4.98 Å². The molecule has 0 aromatic carbocycles. The molecule has 15 heavy (non-hydrogen) atoms. The molecule has 0 unspecified atom stereocenters. The number of pyridine rings is 1. The fourth-order valence-electron chi connectivity index (χ4n) is 1.14. The molecule has 80 valence electrons. The topological polar surface area (TPSA) is 62.7 Å². The molecule has 0 atom stereocenters. The Bertz CT molecular complexity index is 401. The van der Waals surface area contributed by atoms with E-state index in [1.165, 1.54) is 6.07 Å². The number of hydrogen-bond acceptors (Lipinski definition) is 3. The Morgan fingerprint density at radius 3 is 2.73 bits per heavy atom. The van der Waals surface area contributed by atoms with Gasteiger partial charge in [-0.3, -0.25) is 0 Å². The molecule has 0 saturated heterocycles. The molecule has 2 N–H and O–H groups in total. The van der Waals surface area contributed by atoms with Crippen LogP contribution in [0.15, 0.2) is 6.07 Å². The zero-order chi connectivity index (χ0) is 11.4. The van der Waals surface area contributed by atoms with Crippen molar-refractivity contribution in [1.82, 2.24) is 4.98 Å². The molecule has 0 aliphatic rings. The third-order valence-electron chi connectivity index (χ3n) is 1.84. The molecule has 1 rings (SSSR count). The van der Waals surface area contributed by atoms with Crippen molar-refractivity contribution in [1.29, 1.82) is 5.26 Å². The lowest BCUT2D eigenvalue weighted by Crippen LogP contribution is -2.05. The molecule has 0 amide bonds. The van der Waals surface area contributed by atoms with Crippen molar-refractivity contribution < 1.29 is 8.78 Å². The molecule has 1 aromatic heterocycles. The van der Waals surface area contributed by atoms with E-state index >= 15 is 0 Å². The van der Waals surface area contributed by atoms with Gasteiger partial charge in [0, 0.05) is 5.88 Å². The summed E-state index contributed by atoms with van der Waals surface area (Å²) >= 11 is 5.55. The van der Waals surface area contributed by atoms with Crippen LogP contribution in [0.1, 0.15) is 23.4 Å². The van der Waals surface area contributed by atoms with Crippen molar-refractivity contribution in [2.45, 2.75) is 18.7 Å². The van der Waals surface area contributed by atoms with Gasteiger partial charge in [0.25, 0.3) is 6.43 Å². The van der Waals surface area contributed by atoms with Crippen LogP contribution in [-0.2, 0) is 12.3 Å². The number of aromatic nitrogens is 1. The lowest BCUT2D eigenvalue weighted by atomic mass is 10.1. The first-order chi connectivity index (χ1) is 7.10. The van der Waals surface area contributed by atoms with Crippen molar-refractivity contribution >= 4 is 17.3 Å². The minimum Gasteiger partial charge on any atom is -0.397 e. The molecule has 1 heterocycles. The minimum atomic E-state index is -2.76. The SMILES string of the molecule is N#CCc1cc(CCl)c(N)c(C(F)F)n1. The molecule has 0 spiro atoms. The molecule has 1 aromatic rings. The van der Waals surface area contributed by atoms with Gasteiger partial charge in [-0.2, -0.15) is 5.26 Å². The lowest BCUT2D eigenvalue weighted by molar-refractivity contribution is 0.146. The van der Waals surface area contributed by atoms with Gasteiger partial charge >= 0.3 is 0 Å². The van der Waals surface area contributed by atoms with Gasteiger partial charge in [-0.1, -0.05) is 0 Å². The first kappa shape index (κ1) is 11.7. The number of anilines is 1. The van der Waals surface area contributed by atoms with Crippen LogP contribution in [0.4, 0.5) is 14.5 Å². The van der Waals surface area contributed by atoms with Gasteiger partial charge in [0.1, 0.15) is 5.69 Å². The molecule has 0 saturated carbocycles. The highest BCUT2D eigenvalue weighted by Crippen LogP contribution is 2.27. The number of nitrogens with zero attached hydrogens (tertiary/aromatic N) is 2. The largest absolute Gasteiger partial charge is 0.397 e. The Morgan fingerprint density at radius 1 is 1.60 bits per heavy atom. The predicted molar refractivity (Wildman–Crippen MR) is 52.5 cm³/mol. The Balaban J connectivity index is 3.26. The first-order valence-electron chi connectivity index (χ1n) is 4.09. The Hall–Kier alpha value is -1.41. The normalized spacial score (nSPS) is 10.3. The van der Waals surface area contributed by atoms with Crippen molar-refractivity contribution in [3.63, 3.8) is 0 Å². The highest BCUT2D eigenvalue weighted by Gasteiger charge is 2.17. The van der Waals surface area contributed by atoms with Gasteiger partial charge in [-0.25, -0.2) is 13.8 Å². The summed E-state index contributed by atoms with van der Waals surface area (Å²) < 4.78 is 25.0. The summed E-state index contributed by atoms with van der Waals surface area (Å²) in [7, 11) is 0. The number of nitrogen functional groups attached to an aromatic ring is 1. The molecule has 0 aliphatic carbocycles. The zero-order valence-electron chi connectivity index (χ0n) is 7.67. The molecule has 3 nitrogen and oxygen atoms in total. The summed E-state index contributed by atoms with van der Waals surface area (Å²) in [6, 6.07) is 3.30. The average Bonchev–Trinajstić information content (AvgIpc) is 2.20. The van der Waals surface area contributed by atoms with Crippen molar-refractivity contribution in [3.8, 4) is 6.07 Å². The van der Waals surface area contributed by atoms with E-state index in [4.69, 9.17) is 22.6 Å². The van der Waals surface area contributed by atoms with Crippen LogP contribution >= 0.6 is 11.6 Å². The number of nitrogens with two attached hydrogens (primary N) is 1. The second-order valence-corrected chi connectivity index (χ2v) is 3.11. The summed E-state index contributed by atoms with van der Waals surface area (Å²) in [5, 5.41) is 8.44. The number of alkyl halides is 3. The lowest BCUT2D eigenvalue weighted by Gasteiger charge is -2.09. The van der Waals surface area contributed by atoms with Gasteiger partial charge in [0.2, 0.25) is 0 Å². The van der Waals surface area contributed by atoms with Crippen LogP contribution in [0.2, 0.25) is 0 Å². The molecule has 0 bridgehead atoms. The highest BCUT2D eigenvalue weighted by molar-refractivity contribution is 6.17. The molecule has 0 fully saturated rings. The van der Waals surface area contributed by atoms with E-state index in [-0.39, 0.29) is 23.7 Å². The maximum Gasteiger partial charge on any atom is 0.282 e. The third kappa shape index (κ3) is 2.54. The average molecular weight is 232 g/mol. The van der Waals surface area contributed by atoms with Gasteiger partial charge in [0.15, 0.2) is 0 Å². The van der Waals surface area contributed by atoms with Gasteiger partial charge < -0.3 is 5.73 Å². The third-order valence-corrected chi connectivity index (χ3v) is 2.13. The summed E-state index contributed by atoms with van der Waals surface area (Å²) in [5.74, 6) is 0.0203. The van der Waals surface area contributed by atoms with Gasteiger partial charge in [0.05, 0.1) is 23.9 Å². The van der Waals surface area contributed by atoms with Gasteiger partial charge in [-0.15, -0.1) is 11.6 Å². The zero-order valence-corrected chi connectivity index (χ0v) is 8.43. The van der Waals surface area contributed by atoms with Crippen LogP contribution in [0.3, 0.4) is 0 Å². The summed E-state index contributed by atoms with van der Waals surface area (Å²) in [5.41, 5.74) is 5.50. The number of halogens is 3. The first-order valence-corrected chi connectivity index (χ1v) is 4.62. The predicted octanol–water partition coefficient (Wildman–Crippen LogP) is 2.41. The van der Waals surface area contributed by atoms with E-state index in [9.17, 15) is 8.78 Å². The Morgan fingerprint density at radius 2 is 2.27 bits per heavy atom. The molecular weight excluding hydrogens is 224 g/mol. The molecule has 0 radical (unpaired) electrons. The van der Waals surface area contributed by atoms with Crippen molar-refractivity contribution in [2.24, 2.45) is 0 Å². The fraction of sp³-hybridized carbons (Fsp3) is 0.333. The van der Waals surface area contributed by atoms with E-state index < -0.39 is 12.1 Å². The minimum absolute atomic E-state index is 0.0203. The number of hydrogen-bond donors (Lipinski definition) is 1. The van der Waals surface area contributed by atoms with Crippen LogP contribution in [0, 0.1) is 11.3 Å². The quantitative estimate of drug-likeness (QED) is 0.813. The van der Waals surface area contributed by atoms with E-state index in [2.05, 4.69) is 4.98 Å². The summed E-state index contributed by atoms with van der Waals surface area (Å²) in [4.78, 5) is 3.61. The maximum atomic E-state index is 12.5. The van der Waals surface area contributed by atoms with Crippen LogP contribution < -0.4 is 5.73 Å². The van der Waals surface area contributed by atoms with E-state index in [0.29, 0.717) is 5.56 Å². The van der Waals surface area contributed by atoms with E-state index in [1.54, 1.807) is 0 Å². The van der Waals surface area contributed by atoms with Gasteiger partial charge in [-0.05, 0) is 11.6 Å². The Kier molecular flexibility index (Phi) is 3.81. The second kappa shape index (κ2) is 4.89. The van der Waals surface area contributed by atoms with Crippen molar-refractivity contribution in [2.75, 3.05) is 5.73 Å². The van der Waals surface area contributed by atoms with E-state index in [1.807, 2.05) is 6.07 Å². The molecular formula is C9H8ClF2N3. The van der Waals surface area contributed by atoms with Crippen molar-refractivity contribution in [3.05, 3.63) is 23.0 Å². The van der Waals surface area contributed by atoms with Crippen LogP contribution in [0.25, 0.3) is 0 Å². The molecule has 6 heteroatoms. The number of rotatable bonds is 3. The maximum absolute atomic E-state index is 12.5. The monoisotopic (exact) mass is 231 g/mol. The highest BCUT2D eigenvalue weighted by atomic mass is 35.5. The summed E-state index contributed by atoms with van der Waals surface area (Å²) in [6.07, 6.45) is -2.80. The smallest absolute Gasteiger partial charge is 0.282 e. The van der Waals surface area contributed by atoms with Crippen LogP contribution in [0.5, 0.6) is 0 Å². The summed E-state index contributed by atoms with van der Waals surface area (Å²) in [6.45, 7) is 0. The standard InChI is InChI=1S/C9H8ClF2N3/c10-4-5-3-6(1-2-13)15-8(7(5)14)9(11)12/h3,9H,1,4,14H2. The Labute approximate surface area is 90.5 Å². The van der Waals surface area contributed by atoms with E-state index in [0.717, 1.165) is 0 Å².